The van der Waals surface area contributed by atoms with Gasteiger partial charge in [-0.25, -0.2) is 26.9 Å². The summed E-state index contributed by atoms with van der Waals surface area (Å²) in [5.41, 5.74) is -0.652. The van der Waals surface area contributed by atoms with Gasteiger partial charge in [-0.2, -0.15) is 0 Å². The molecule has 5 nitrogen and oxygen atoms in total. The number of aromatic nitrogens is 2. The summed E-state index contributed by atoms with van der Waals surface area (Å²) in [7, 11) is 0. The number of hydrogen-bond acceptors (Lipinski definition) is 4. The van der Waals surface area contributed by atoms with Crippen LogP contribution in [0.2, 0.25) is 0 Å². The van der Waals surface area contributed by atoms with Crippen LogP contribution < -0.4 is 10.9 Å². The van der Waals surface area contributed by atoms with Crippen molar-refractivity contribution in [3.05, 3.63) is 99.6 Å². The van der Waals surface area contributed by atoms with Crippen LogP contribution in [0.5, 0.6) is 0 Å². The van der Waals surface area contributed by atoms with Crippen molar-refractivity contribution in [1.82, 2.24) is 9.55 Å². The highest BCUT2D eigenvalue weighted by Crippen LogP contribution is 2.27. The number of carbonyl (C=O) groups excluding carboxylic acids is 1. The van der Waals surface area contributed by atoms with Gasteiger partial charge in [0, 0.05) is 0 Å². The lowest BCUT2D eigenvalue weighted by Gasteiger charge is -2.14. The van der Waals surface area contributed by atoms with Gasteiger partial charge in [0.25, 0.3) is 5.56 Å². The van der Waals surface area contributed by atoms with Gasteiger partial charge in [0.1, 0.15) is 5.69 Å². The van der Waals surface area contributed by atoms with Crippen molar-refractivity contribution in [2.45, 2.75) is 11.7 Å². The lowest BCUT2D eigenvalue weighted by atomic mass is 10.2. The average Bonchev–Trinajstić information content (AvgIpc) is 2.85. The Hall–Kier alpha value is -3.73. The minimum Gasteiger partial charge on any atom is -0.320 e. The van der Waals surface area contributed by atoms with Crippen LogP contribution in [0.25, 0.3) is 10.9 Å². The zero-order valence-electron chi connectivity index (χ0n) is 17.1. The number of amides is 1. The van der Waals surface area contributed by atoms with Gasteiger partial charge >= 0.3 is 0 Å². The number of fused-ring (bicyclic) bond motifs is 1. The maximum absolute atomic E-state index is 13.9. The second kappa shape index (κ2) is 9.64. The number of hydrogen-bond donors (Lipinski definition) is 1. The summed E-state index contributed by atoms with van der Waals surface area (Å²) < 4.78 is 69.1. The second-order valence-electron chi connectivity index (χ2n) is 7.07. The Labute approximate surface area is 193 Å². The number of nitrogens with one attached hydrogen (secondary N) is 1. The molecule has 11 heteroatoms. The van der Waals surface area contributed by atoms with E-state index in [9.17, 15) is 31.5 Å². The van der Waals surface area contributed by atoms with Gasteiger partial charge < -0.3 is 5.32 Å². The van der Waals surface area contributed by atoms with Crippen LogP contribution in [0.3, 0.4) is 0 Å². The quantitative estimate of drug-likeness (QED) is 0.137. The molecule has 4 rings (SSSR count). The molecule has 0 fully saturated rings. The van der Waals surface area contributed by atoms with Crippen molar-refractivity contribution in [1.29, 1.82) is 0 Å². The highest BCUT2D eigenvalue weighted by Gasteiger charge is 2.27. The molecule has 0 bridgehead atoms. The van der Waals surface area contributed by atoms with E-state index in [-0.39, 0.29) is 17.3 Å². The molecule has 0 unspecified atom stereocenters. The Morgan fingerprint density at radius 1 is 0.853 bits per heavy atom. The zero-order valence-corrected chi connectivity index (χ0v) is 17.9. The van der Waals surface area contributed by atoms with Crippen molar-refractivity contribution < 1.29 is 26.7 Å². The normalized spacial score (nSPS) is 11.1. The van der Waals surface area contributed by atoms with Gasteiger partial charge in [0.15, 0.2) is 28.4 Å². The second-order valence-corrected chi connectivity index (χ2v) is 8.01. The molecular formula is C23H14F5N3O2S. The Morgan fingerprint density at radius 3 is 2.12 bits per heavy atom. The summed E-state index contributed by atoms with van der Waals surface area (Å²) in [5.74, 6) is -12.5. The molecule has 4 aromatic rings. The maximum atomic E-state index is 13.9. The number of thioether (sulfide) groups is 1. The number of halogens is 5. The van der Waals surface area contributed by atoms with Gasteiger partial charge in [-0.3, -0.25) is 14.2 Å². The summed E-state index contributed by atoms with van der Waals surface area (Å²) in [6, 6.07) is 15.6. The molecule has 3 aromatic carbocycles. The van der Waals surface area contributed by atoms with E-state index >= 15 is 0 Å². The van der Waals surface area contributed by atoms with Crippen LogP contribution in [-0.4, -0.2) is 21.2 Å². The molecule has 0 saturated heterocycles. The first-order chi connectivity index (χ1) is 16.3. The van der Waals surface area contributed by atoms with Gasteiger partial charge in [-0.15, -0.1) is 0 Å². The number of rotatable bonds is 6. The third-order valence-corrected chi connectivity index (χ3v) is 5.79. The summed E-state index contributed by atoms with van der Waals surface area (Å²) >= 11 is 0.779. The van der Waals surface area contributed by atoms with E-state index in [1.807, 2.05) is 6.07 Å². The number of carbonyl (C=O) groups is 1. The van der Waals surface area contributed by atoms with E-state index in [0.29, 0.717) is 10.9 Å². The Morgan fingerprint density at radius 2 is 1.44 bits per heavy atom. The van der Waals surface area contributed by atoms with E-state index in [0.717, 1.165) is 17.3 Å². The zero-order chi connectivity index (χ0) is 24.4. The molecule has 1 N–H and O–H groups in total. The van der Waals surface area contributed by atoms with Crippen LogP contribution in [-0.2, 0) is 11.3 Å². The molecule has 0 radical (unpaired) electrons. The van der Waals surface area contributed by atoms with E-state index in [1.54, 1.807) is 53.8 Å². The smallest absolute Gasteiger partial charge is 0.262 e. The van der Waals surface area contributed by atoms with Crippen molar-refractivity contribution in [2.24, 2.45) is 0 Å². The monoisotopic (exact) mass is 491 g/mol. The fourth-order valence-corrected chi connectivity index (χ4v) is 3.98. The lowest BCUT2D eigenvalue weighted by molar-refractivity contribution is -0.113. The Bertz CT molecular complexity index is 1430. The van der Waals surface area contributed by atoms with Crippen molar-refractivity contribution in [3.8, 4) is 0 Å². The average molecular weight is 491 g/mol. The first-order valence-electron chi connectivity index (χ1n) is 9.75. The molecule has 174 valence electrons. The number of para-hydroxylation sites is 1. The third-order valence-electron chi connectivity index (χ3n) is 4.82. The SMILES string of the molecule is O=C(CSc1nc2ccccc2c(=O)n1Cc1ccccc1)Nc1c(F)c(F)c(F)c(F)c1F. The molecule has 0 atom stereocenters. The molecule has 34 heavy (non-hydrogen) atoms. The first kappa shape index (κ1) is 23.4. The number of benzene rings is 3. The molecule has 1 heterocycles. The fraction of sp³-hybridized carbons (Fsp3) is 0.0870. The molecule has 0 aliphatic carbocycles. The highest BCUT2D eigenvalue weighted by atomic mass is 32.2. The van der Waals surface area contributed by atoms with Crippen molar-refractivity contribution in [3.63, 3.8) is 0 Å². The molecule has 0 spiro atoms. The van der Waals surface area contributed by atoms with Crippen molar-refractivity contribution in [2.75, 3.05) is 11.1 Å². The summed E-state index contributed by atoms with van der Waals surface area (Å²) in [5, 5.41) is 2.20. The molecule has 1 aromatic heterocycles. The fourth-order valence-electron chi connectivity index (χ4n) is 3.18. The Kier molecular flexibility index (Phi) is 6.64. The van der Waals surface area contributed by atoms with E-state index < -0.39 is 46.4 Å². The van der Waals surface area contributed by atoms with E-state index in [2.05, 4.69) is 4.98 Å². The maximum Gasteiger partial charge on any atom is 0.262 e. The van der Waals surface area contributed by atoms with E-state index in [4.69, 9.17) is 0 Å². The summed E-state index contributed by atoms with van der Waals surface area (Å²) in [4.78, 5) is 29.8. The van der Waals surface area contributed by atoms with Crippen LogP contribution in [0.15, 0.2) is 64.5 Å². The lowest BCUT2D eigenvalue weighted by Crippen LogP contribution is -2.25. The minimum absolute atomic E-state index is 0.138. The van der Waals surface area contributed by atoms with Gasteiger partial charge in [-0.05, 0) is 17.7 Å². The molecule has 1 amide bonds. The molecule has 0 aliphatic heterocycles. The van der Waals surface area contributed by atoms with Crippen LogP contribution >= 0.6 is 11.8 Å². The predicted octanol–water partition coefficient (Wildman–Crippen LogP) is 4.87. The number of nitrogens with zero attached hydrogens (tertiary/aromatic N) is 2. The highest BCUT2D eigenvalue weighted by molar-refractivity contribution is 7.99. The van der Waals surface area contributed by atoms with Crippen LogP contribution in [0.1, 0.15) is 5.56 Å². The summed E-state index contributed by atoms with van der Waals surface area (Å²) in [6.07, 6.45) is 0. The first-order valence-corrected chi connectivity index (χ1v) is 10.7. The summed E-state index contributed by atoms with van der Waals surface area (Å²) in [6.45, 7) is 0.138. The van der Waals surface area contributed by atoms with Gasteiger partial charge in [0.05, 0.1) is 23.2 Å². The van der Waals surface area contributed by atoms with Gasteiger partial charge in [0.2, 0.25) is 11.7 Å². The number of anilines is 1. The topological polar surface area (TPSA) is 64.0 Å². The Balaban J connectivity index is 1.63. The third kappa shape index (κ3) is 4.51. The van der Waals surface area contributed by atoms with Crippen LogP contribution in [0.4, 0.5) is 27.6 Å². The predicted molar refractivity (Wildman–Crippen MR) is 117 cm³/mol. The molecular weight excluding hydrogens is 477 g/mol. The minimum atomic E-state index is -2.33. The standard InChI is InChI=1S/C23H14F5N3O2S/c24-16-17(25)19(27)21(20(28)18(16)26)30-15(32)11-34-23-29-14-9-5-4-8-13(14)22(33)31(23)10-12-6-2-1-3-7-12/h1-9H,10-11H2,(H,30,32). The van der Waals surface area contributed by atoms with Gasteiger partial charge in [-0.1, -0.05) is 54.2 Å². The molecule has 0 saturated carbocycles. The largest absolute Gasteiger partial charge is 0.320 e. The van der Waals surface area contributed by atoms with E-state index in [1.165, 1.54) is 4.57 Å². The van der Waals surface area contributed by atoms with Crippen molar-refractivity contribution >= 4 is 34.3 Å². The molecule has 0 aliphatic rings. The van der Waals surface area contributed by atoms with Crippen LogP contribution in [0, 0.1) is 29.1 Å².